The van der Waals surface area contributed by atoms with Gasteiger partial charge in [-0.15, -0.1) is 0 Å². The van der Waals surface area contributed by atoms with Gasteiger partial charge in [-0.3, -0.25) is 4.79 Å². The van der Waals surface area contributed by atoms with Crippen molar-refractivity contribution in [3.63, 3.8) is 0 Å². The van der Waals surface area contributed by atoms with Crippen molar-refractivity contribution in [2.75, 3.05) is 6.61 Å². The second kappa shape index (κ2) is 8.86. The van der Waals surface area contributed by atoms with E-state index in [1.165, 1.54) is 16.7 Å². The van der Waals surface area contributed by atoms with E-state index in [9.17, 15) is 4.79 Å². The fraction of sp³-hybridized carbons (Fsp3) is 0.632. The summed E-state index contributed by atoms with van der Waals surface area (Å²) < 4.78 is 5.75. The first-order chi connectivity index (χ1) is 10.0. The molecule has 2 heteroatoms. The first kappa shape index (κ1) is 17.7. The van der Waals surface area contributed by atoms with Crippen LogP contribution in [0.3, 0.4) is 0 Å². The number of rotatable bonds is 9. The predicted octanol–water partition coefficient (Wildman–Crippen LogP) is 5.35. The first-order valence-electron chi connectivity index (χ1n) is 8.29. The summed E-state index contributed by atoms with van der Waals surface area (Å²) >= 11 is 0. The highest BCUT2D eigenvalue weighted by Gasteiger charge is 2.16. The van der Waals surface area contributed by atoms with Crippen LogP contribution in [0.4, 0.5) is 0 Å². The van der Waals surface area contributed by atoms with Crippen LogP contribution in [0.25, 0.3) is 0 Å². The summed E-state index contributed by atoms with van der Waals surface area (Å²) in [4.78, 5) is 11.6. The van der Waals surface area contributed by atoms with E-state index in [2.05, 4.69) is 39.8 Å². The van der Waals surface area contributed by atoms with Gasteiger partial charge in [-0.1, -0.05) is 20.8 Å². The fourth-order valence-electron chi connectivity index (χ4n) is 2.95. The van der Waals surface area contributed by atoms with E-state index in [1.54, 1.807) is 0 Å². The van der Waals surface area contributed by atoms with Crippen LogP contribution >= 0.6 is 0 Å². The van der Waals surface area contributed by atoms with Gasteiger partial charge in [0.2, 0.25) is 0 Å². The lowest BCUT2D eigenvalue weighted by Gasteiger charge is -2.21. The molecule has 1 aromatic rings. The largest absolute Gasteiger partial charge is 0.494 e. The first-order valence-corrected chi connectivity index (χ1v) is 8.29. The van der Waals surface area contributed by atoms with Crippen LogP contribution in [-0.2, 0) is 4.79 Å². The van der Waals surface area contributed by atoms with Gasteiger partial charge in [0.1, 0.15) is 11.5 Å². The van der Waals surface area contributed by atoms with E-state index in [0.717, 1.165) is 31.6 Å². The van der Waals surface area contributed by atoms with E-state index in [0.29, 0.717) is 24.5 Å². The molecule has 1 atom stereocenters. The lowest BCUT2D eigenvalue weighted by Crippen LogP contribution is -2.07. The normalized spacial score (nSPS) is 12.2. The van der Waals surface area contributed by atoms with Crippen molar-refractivity contribution in [2.24, 2.45) is 0 Å². The zero-order valence-electron chi connectivity index (χ0n) is 14.3. The molecular formula is C19H30O2. The number of carbonyl (C=O) groups is 1. The lowest BCUT2D eigenvalue weighted by atomic mass is 9.85. The third-order valence-corrected chi connectivity index (χ3v) is 4.11. The molecule has 0 aromatic heterocycles. The van der Waals surface area contributed by atoms with E-state index < -0.39 is 0 Å². The van der Waals surface area contributed by atoms with Gasteiger partial charge in [0.25, 0.3) is 0 Å². The summed E-state index contributed by atoms with van der Waals surface area (Å²) in [5.41, 5.74) is 3.99. The molecule has 0 aliphatic rings. The Morgan fingerprint density at radius 3 is 2.24 bits per heavy atom. The predicted molar refractivity (Wildman–Crippen MR) is 89.3 cm³/mol. The van der Waals surface area contributed by atoms with E-state index >= 15 is 0 Å². The molecule has 0 aliphatic carbocycles. The highest BCUT2D eigenvalue weighted by atomic mass is 16.5. The quantitative estimate of drug-likeness (QED) is 0.613. The molecule has 0 N–H and O–H groups in total. The van der Waals surface area contributed by atoms with Crippen LogP contribution < -0.4 is 4.74 Å². The molecule has 1 rings (SSSR count). The third kappa shape index (κ3) is 5.18. The Bertz CT molecular complexity index is 440. The van der Waals surface area contributed by atoms with Crippen molar-refractivity contribution < 1.29 is 9.53 Å². The van der Waals surface area contributed by atoms with Crippen molar-refractivity contribution in [1.29, 1.82) is 0 Å². The second-order valence-electron chi connectivity index (χ2n) is 5.86. The Labute approximate surface area is 129 Å². The molecule has 2 nitrogen and oxygen atoms in total. The van der Waals surface area contributed by atoms with Gasteiger partial charge in [-0.25, -0.2) is 0 Å². The van der Waals surface area contributed by atoms with Crippen molar-refractivity contribution in [2.45, 2.75) is 72.6 Å². The molecule has 0 fully saturated rings. The lowest BCUT2D eigenvalue weighted by molar-refractivity contribution is -0.118. The standard InChI is InChI=1S/C19H30O2/c1-6-11-21-18-12-14(4)19(15(5)13-18)16(7-2)9-10-17(20)8-3/h12-13,16H,6-11H2,1-5H3. The summed E-state index contributed by atoms with van der Waals surface area (Å²) in [5, 5.41) is 0. The molecule has 21 heavy (non-hydrogen) atoms. The van der Waals surface area contributed by atoms with Crippen LogP contribution in [0.15, 0.2) is 12.1 Å². The Hall–Kier alpha value is -1.31. The number of ketones is 1. The van der Waals surface area contributed by atoms with Crippen LogP contribution in [0.2, 0.25) is 0 Å². The molecule has 0 bridgehead atoms. The van der Waals surface area contributed by atoms with Crippen molar-refractivity contribution in [3.05, 3.63) is 28.8 Å². The van der Waals surface area contributed by atoms with Crippen LogP contribution in [-0.4, -0.2) is 12.4 Å². The summed E-state index contributed by atoms with van der Waals surface area (Å²) in [5.74, 6) is 1.81. The smallest absolute Gasteiger partial charge is 0.132 e. The average molecular weight is 290 g/mol. The molecule has 0 saturated carbocycles. The monoisotopic (exact) mass is 290 g/mol. The minimum atomic E-state index is 0.367. The zero-order valence-corrected chi connectivity index (χ0v) is 14.3. The highest BCUT2D eigenvalue weighted by Crippen LogP contribution is 2.33. The molecule has 0 saturated heterocycles. The maximum atomic E-state index is 11.6. The number of hydrogen-bond donors (Lipinski definition) is 0. The number of carbonyl (C=O) groups excluding carboxylic acids is 1. The molecule has 0 radical (unpaired) electrons. The fourth-order valence-corrected chi connectivity index (χ4v) is 2.95. The van der Waals surface area contributed by atoms with E-state index in [1.807, 2.05) is 6.92 Å². The van der Waals surface area contributed by atoms with Crippen LogP contribution in [0, 0.1) is 13.8 Å². The van der Waals surface area contributed by atoms with E-state index in [4.69, 9.17) is 4.74 Å². The zero-order chi connectivity index (χ0) is 15.8. The van der Waals surface area contributed by atoms with Gasteiger partial charge in [0, 0.05) is 12.8 Å². The summed E-state index contributed by atoms with van der Waals surface area (Å²) in [6, 6.07) is 4.28. The Morgan fingerprint density at radius 2 is 1.76 bits per heavy atom. The van der Waals surface area contributed by atoms with Gasteiger partial charge < -0.3 is 4.74 Å². The highest BCUT2D eigenvalue weighted by molar-refractivity contribution is 5.78. The second-order valence-corrected chi connectivity index (χ2v) is 5.86. The van der Waals surface area contributed by atoms with Crippen LogP contribution in [0.5, 0.6) is 5.75 Å². The van der Waals surface area contributed by atoms with Gasteiger partial charge in [-0.2, -0.15) is 0 Å². The summed E-state index contributed by atoms with van der Waals surface area (Å²) in [7, 11) is 0. The molecule has 0 amide bonds. The number of benzene rings is 1. The Kier molecular flexibility index (Phi) is 7.49. The summed E-state index contributed by atoms with van der Waals surface area (Å²) in [6.45, 7) is 11.4. The molecule has 118 valence electrons. The Morgan fingerprint density at radius 1 is 1.14 bits per heavy atom. The molecule has 1 unspecified atom stereocenters. The summed E-state index contributed by atoms with van der Waals surface area (Å²) in [6.07, 6.45) is 4.41. The molecule has 0 spiro atoms. The van der Waals surface area contributed by atoms with Gasteiger partial charge >= 0.3 is 0 Å². The number of ether oxygens (including phenoxy) is 1. The average Bonchev–Trinajstić information content (AvgIpc) is 2.47. The van der Waals surface area contributed by atoms with Gasteiger partial charge in [-0.05, 0) is 67.9 Å². The SMILES string of the molecule is CCCOc1cc(C)c(C(CC)CCC(=O)CC)c(C)c1. The van der Waals surface area contributed by atoms with E-state index in [-0.39, 0.29) is 0 Å². The van der Waals surface area contributed by atoms with Crippen molar-refractivity contribution >= 4 is 5.78 Å². The molecule has 0 heterocycles. The molecule has 1 aromatic carbocycles. The third-order valence-electron chi connectivity index (χ3n) is 4.11. The molecule has 0 aliphatic heterocycles. The number of Topliss-reactive ketones (excluding diaryl/α,β-unsaturated/α-hetero) is 1. The van der Waals surface area contributed by atoms with Gasteiger partial charge in [0.05, 0.1) is 6.61 Å². The molecular weight excluding hydrogens is 260 g/mol. The van der Waals surface area contributed by atoms with Gasteiger partial charge in [0.15, 0.2) is 0 Å². The van der Waals surface area contributed by atoms with Crippen molar-refractivity contribution in [1.82, 2.24) is 0 Å². The maximum Gasteiger partial charge on any atom is 0.132 e. The Balaban J connectivity index is 2.91. The topological polar surface area (TPSA) is 26.3 Å². The van der Waals surface area contributed by atoms with Crippen molar-refractivity contribution in [3.8, 4) is 5.75 Å². The maximum absolute atomic E-state index is 11.6. The number of hydrogen-bond acceptors (Lipinski definition) is 2. The number of aryl methyl sites for hydroxylation is 2. The minimum absolute atomic E-state index is 0.367. The van der Waals surface area contributed by atoms with Crippen LogP contribution in [0.1, 0.15) is 75.5 Å². The minimum Gasteiger partial charge on any atom is -0.494 e.